The molecule has 0 amide bonds. The van der Waals surface area contributed by atoms with Crippen LogP contribution in [0.2, 0.25) is 0 Å². The monoisotopic (exact) mass is 300 g/mol. The number of likely N-dealkylation sites (N-methyl/N-ethyl adjacent to an activating group) is 1. The fourth-order valence-electron chi connectivity index (χ4n) is 3.61. The number of nitrogens with zero attached hydrogens (tertiary/aromatic N) is 1. The van der Waals surface area contributed by atoms with Gasteiger partial charge in [0.05, 0.1) is 12.7 Å². The number of aliphatic hydroxyl groups is 1. The molecule has 0 aromatic carbocycles. The van der Waals surface area contributed by atoms with Crippen LogP contribution in [-0.2, 0) is 4.74 Å². The zero-order valence-corrected chi connectivity index (χ0v) is 14.5. The summed E-state index contributed by atoms with van der Waals surface area (Å²) in [5.74, 6) is 1.59. The van der Waals surface area contributed by atoms with E-state index in [1.54, 1.807) is 7.11 Å². The Balaban J connectivity index is 2.47. The van der Waals surface area contributed by atoms with Crippen molar-refractivity contribution in [2.75, 3.05) is 40.4 Å². The van der Waals surface area contributed by atoms with E-state index in [1.807, 2.05) is 0 Å². The fourth-order valence-corrected chi connectivity index (χ4v) is 3.61. The van der Waals surface area contributed by atoms with E-state index >= 15 is 0 Å². The second-order valence-corrected chi connectivity index (χ2v) is 6.74. The van der Waals surface area contributed by atoms with E-state index in [1.165, 1.54) is 32.1 Å². The summed E-state index contributed by atoms with van der Waals surface area (Å²) in [4.78, 5) is 2.27. The fraction of sp³-hybridized carbons (Fsp3) is 1.00. The van der Waals surface area contributed by atoms with Crippen LogP contribution in [0.3, 0.4) is 0 Å². The summed E-state index contributed by atoms with van der Waals surface area (Å²) < 4.78 is 5.01. The molecule has 1 rings (SSSR count). The number of aliphatic hydroxyl groups excluding tert-OH is 1. The molecule has 4 unspecified atom stereocenters. The summed E-state index contributed by atoms with van der Waals surface area (Å²) in [6.45, 7) is 7.85. The van der Waals surface area contributed by atoms with E-state index in [-0.39, 0.29) is 6.10 Å². The van der Waals surface area contributed by atoms with E-state index < -0.39 is 0 Å². The molecule has 1 aliphatic carbocycles. The normalized spacial score (nSPS) is 28.0. The molecule has 0 aromatic rings. The maximum atomic E-state index is 9.87. The molecule has 4 heteroatoms. The first-order valence-electron chi connectivity index (χ1n) is 8.69. The summed E-state index contributed by atoms with van der Waals surface area (Å²) in [5.41, 5.74) is 0. The van der Waals surface area contributed by atoms with Gasteiger partial charge in [0.2, 0.25) is 0 Å². The van der Waals surface area contributed by atoms with Crippen LogP contribution in [-0.4, -0.2) is 62.6 Å². The molecule has 0 aromatic heterocycles. The van der Waals surface area contributed by atoms with Gasteiger partial charge in [-0.05, 0) is 51.1 Å². The molecule has 2 N–H and O–H groups in total. The highest BCUT2D eigenvalue weighted by Gasteiger charge is 2.30. The zero-order chi connectivity index (χ0) is 15.7. The zero-order valence-electron chi connectivity index (χ0n) is 14.5. The molecule has 21 heavy (non-hydrogen) atoms. The summed E-state index contributed by atoms with van der Waals surface area (Å²) in [6.07, 6.45) is 6.10. The van der Waals surface area contributed by atoms with Crippen molar-refractivity contribution < 1.29 is 9.84 Å². The molecular weight excluding hydrogens is 264 g/mol. The van der Waals surface area contributed by atoms with Crippen LogP contribution in [0.4, 0.5) is 0 Å². The number of methoxy groups -OCH3 is 1. The highest BCUT2D eigenvalue weighted by Crippen LogP contribution is 2.31. The Bertz CT molecular complexity index is 263. The molecule has 4 nitrogen and oxygen atoms in total. The second kappa shape index (κ2) is 10.5. The van der Waals surface area contributed by atoms with Gasteiger partial charge in [-0.3, -0.25) is 0 Å². The third-order valence-corrected chi connectivity index (χ3v) is 4.75. The number of ether oxygens (including phenoxy) is 1. The molecule has 0 heterocycles. The summed E-state index contributed by atoms with van der Waals surface area (Å²) >= 11 is 0. The minimum Gasteiger partial charge on any atom is -0.389 e. The Labute approximate surface area is 131 Å². The first-order valence-corrected chi connectivity index (χ1v) is 8.69. The number of hydrogen-bond acceptors (Lipinski definition) is 4. The number of rotatable bonds is 10. The van der Waals surface area contributed by atoms with Crippen molar-refractivity contribution in [3.8, 4) is 0 Å². The van der Waals surface area contributed by atoms with Gasteiger partial charge in [-0.15, -0.1) is 0 Å². The average Bonchev–Trinajstić information content (AvgIpc) is 2.45. The molecule has 1 saturated carbocycles. The Kier molecular flexibility index (Phi) is 9.49. The number of hydrogen-bond donors (Lipinski definition) is 2. The van der Waals surface area contributed by atoms with Gasteiger partial charge >= 0.3 is 0 Å². The van der Waals surface area contributed by atoms with Crippen molar-refractivity contribution in [1.29, 1.82) is 0 Å². The van der Waals surface area contributed by atoms with Gasteiger partial charge in [-0.25, -0.2) is 0 Å². The van der Waals surface area contributed by atoms with Crippen LogP contribution >= 0.6 is 0 Å². The lowest BCUT2D eigenvalue weighted by atomic mass is 9.76. The lowest BCUT2D eigenvalue weighted by Gasteiger charge is -2.39. The summed E-state index contributed by atoms with van der Waals surface area (Å²) in [7, 11) is 3.76. The molecule has 126 valence electrons. The molecule has 0 radical (unpaired) electrons. The smallest absolute Gasteiger partial charge is 0.0899 e. The molecule has 0 aliphatic heterocycles. The maximum Gasteiger partial charge on any atom is 0.0899 e. The summed E-state index contributed by atoms with van der Waals surface area (Å²) in [5, 5.41) is 13.6. The van der Waals surface area contributed by atoms with Crippen LogP contribution in [0.25, 0.3) is 0 Å². The summed E-state index contributed by atoms with van der Waals surface area (Å²) in [6, 6.07) is 0.648. The highest BCUT2D eigenvalue weighted by molar-refractivity contribution is 4.86. The Hall–Kier alpha value is -0.160. The van der Waals surface area contributed by atoms with Gasteiger partial charge in [-0.2, -0.15) is 0 Å². The third kappa shape index (κ3) is 7.09. The molecular formula is C17H36N2O2. The van der Waals surface area contributed by atoms with Gasteiger partial charge in [0.25, 0.3) is 0 Å². The Morgan fingerprint density at radius 2 is 2.10 bits per heavy atom. The quantitative estimate of drug-likeness (QED) is 0.649. The van der Waals surface area contributed by atoms with E-state index in [2.05, 4.69) is 31.1 Å². The average molecular weight is 300 g/mol. The Morgan fingerprint density at radius 1 is 1.33 bits per heavy atom. The van der Waals surface area contributed by atoms with Crippen molar-refractivity contribution in [2.45, 2.75) is 58.1 Å². The first-order chi connectivity index (χ1) is 10.1. The lowest BCUT2D eigenvalue weighted by Crippen LogP contribution is -2.46. The third-order valence-electron chi connectivity index (χ3n) is 4.75. The van der Waals surface area contributed by atoms with E-state index in [0.29, 0.717) is 25.1 Å². The van der Waals surface area contributed by atoms with Crippen LogP contribution in [0, 0.1) is 11.8 Å². The van der Waals surface area contributed by atoms with Crippen molar-refractivity contribution in [2.24, 2.45) is 11.8 Å². The van der Waals surface area contributed by atoms with Gasteiger partial charge < -0.3 is 20.1 Å². The van der Waals surface area contributed by atoms with Gasteiger partial charge in [-0.1, -0.05) is 20.3 Å². The van der Waals surface area contributed by atoms with E-state index in [0.717, 1.165) is 19.0 Å². The van der Waals surface area contributed by atoms with E-state index in [4.69, 9.17) is 4.74 Å². The molecule has 0 spiro atoms. The van der Waals surface area contributed by atoms with Crippen molar-refractivity contribution in [1.82, 2.24) is 10.2 Å². The molecule has 0 saturated heterocycles. The SMILES string of the molecule is CCCNC1CCC(CC)CC1CN(C)CC(O)COC. The molecule has 1 fully saturated rings. The van der Waals surface area contributed by atoms with Crippen molar-refractivity contribution >= 4 is 0 Å². The topological polar surface area (TPSA) is 44.7 Å². The van der Waals surface area contributed by atoms with Crippen LogP contribution in [0.5, 0.6) is 0 Å². The highest BCUT2D eigenvalue weighted by atomic mass is 16.5. The van der Waals surface area contributed by atoms with Crippen LogP contribution in [0.1, 0.15) is 46.0 Å². The predicted molar refractivity (Wildman–Crippen MR) is 88.6 cm³/mol. The molecule has 0 bridgehead atoms. The first kappa shape index (κ1) is 18.9. The van der Waals surface area contributed by atoms with Gasteiger partial charge in [0.15, 0.2) is 0 Å². The minimum atomic E-state index is -0.382. The molecule has 1 aliphatic rings. The van der Waals surface area contributed by atoms with Crippen LogP contribution in [0.15, 0.2) is 0 Å². The van der Waals surface area contributed by atoms with Crippen LogP contribution < -0.4 is 5.32 Å². The maximum absolute atomic E-state index is 9.87. The minimum absolute atomic E-state index is 0.382. The molecule has 4 atom stereocenters. The largest absolute Gasteiger partial charge is 0.389 e. The lowest BCUT2D eigenvalue weighted by molar-refractivity contribution is 0.0356. The van der Waals surface area contributed by atoms with Gasteiger partial charge in [0, 0.05) is 26.2 Å². The standard InChI is InChI=1S/C17H36N2O2/c1-5-9-18-17-8-7-14(6-2)10-15(17)11-19(3)12-16(20)13-21-4/h14-18,20H,5-13H2,1-4H3. The Morgan fingerprint density at radius 3 is 2.71 bits per heavy atom. The van der Waals surface area contributed by atoms with Crippen molar-refractivity contribution in [3.63, 3.8) is 0 Å². The second-order valence-electron chi connectivity index (χ2n) is 6.74. The van der Waals surface area contributed by atoms with E-state index in [9.17, 15) is 5.11 Å². The number of nitrogens with one attached hydrogen (secondary N) is 1. The predicted octanol–water partition coefficient (Wildman–Crippen LogP) is 2.12. The van der Waals surface area contributed by atoms with Gasteiger partial charge in [0.1, 0.15) is 0 Å². The van der Waals surface area contributed by atoms with Crippen molar-refractivity contribution in [3.05, 3.63) is 0 Å².